The summed E-state index contributed by atoms with van der Waals surface area (Å²) >= 11 is 1.74. The Morgan fingerprint density at radius 2 is 2.20 bits per heavy atom. The van der Waals surface area contributed by atoms with Crippen molar-refractivity contribution in [1.82, 2.24) is 9.97 Å². The van der Waals surface area contributed by atoms with Crippen LogP contribution in [0.2, 0.25) is 0 Å². The predicted molar refractivity (Wildman–Crippen MR) is 80.8 cm³/mol. The van der Waals surface area contributed by atoms with Gasteiger partial charge in [0.15, 0.2) is 0 Å². The summed E-state index contributed by atoms with van der Waals surface area (Å²) in [6.45, 7) is 3.73. The van der Waals surface area contributed by atoms with Gasteiger partial charge in [-0.15, -0.1) is 11.3 Å². The number of hydrogen-bond donors (Lipinski definition) is 1. The zero-order valence-corrected chi connectivity index (χ0v) is 12.4. The van der Waals surface area contributed by atoms with Crippen molar-refractivity contribution in [1.29, 1.82) is 0 Å². The van der Waals surface area contributed by atoms with Crippen molar-refractivity contribution in [2.75, 3.05) is 5.32 Å². The molecule has 4 nitrogen and oxygen atoms in total. The van der Waals surface area contributed by atoms with Gasteiger partial charge in [-0.05, 0) is 30.5 Å². The van der Waals surface area contributed by atoms with E-state index in [9.17, 15) is 4.79 Å². The van der Waals surface area contributed by atoms with Gasteiger partial charge < -0.3 is 5.32 Å². The van der Waals surface area contributed by atoms with Crippen LogP contribution in [0.1, 0.15) is 37.6 Å². The number of rotatable bonds is 4. The third kappa shape index (κ3) is 2.88. The van der Waals surface area contributed by atoms with Gasteiger partial charge in [-0.1, -0.05) is 13.8 Å². The maximum atomic E-state index is 11.7. The molecule has 0 saturated heterocycles. The van der Waals surface area contributed by atoms with Crippen LogP contribution in [0.5, 0.6) is 0 Å². The van der Waals surface area contributed by atoms with Gasteiger partial charge in [-0.3, -0.25) is 4.79 Å². The van der Waals surface area contributed by atoms with Crippen molar-refractivity contribution >= 4 is 23.1 Å². The van der Waals surface area contributed by atoms with E-state index in [1.54, 1.807) is 17.5 Å². The van der Waals surface area contributed by atoms with Crippen molar-refractivity contribution in [3.05, 3.63) is 29.5 Å². The van der Waals surface area contributed by atoms with E-state index < -0.39 is 0 Å². The molecular formula is C15H17N3OS. The van der Waals surface area contributed by atoms with Crippen LogP contribution in [-0.2, 0) is 4.79 Å². The Labute approximate surface area is 122 Å². The van der Waals surface area contributed by atoms with Crippen LogP contribution in [0.3, 0.4) is 0 Å². The molecule has 1 fully saturated rings. The standard InChI is InChI=1S/C15H17N3OS/c1-9(2)14(19)18-13-7-11(5-6-16-13)12-8-17-15(20-12)10-3-4-10/h5-10H,3-4H2,1-2H3,(H,16,18,19). The van der Waals surface area contributed by atoms with Gasteiger partial charge in [0.05, 0.1) is 9.88 Å². The summed E-state index contributed by atoms with van der Waals surface area (Å²) < 4.78 is 0. The van der Waals surface area contributed by atoms with Gasteiger partial charge in [0.2, 0.25) is 5.91 Å². The van der Waals surface area contributed by atoms with Gasteiger partial charge in [-0.2, -0.15) is 0 Å². The zero-order chi connectivity index (χ0) is 14.1. The second-order valence-corrected chi connectivity index (χ2v) is 6.47. The lowest BCUT2D eigenvalue weighted by molar-refractivity contribution is -0.118. The topological polar surface area (TPSA) is 54.9 Å². The number of pyridine rings is 1. The van der Waals surface area contributed by atoms with E-state index >= 15 is 0 Å². The van der Waals surface area contributed by atoms with Crippen LogP contribution < -0.4 is 5.32 Å². The minimum Gasteiger partial charge on any atom is -0.310 e. The van der Waals surface area contributed by atoms with E-state index in [0.717, 1.165) is 10.4 Å². The molecule has 1 N–H and O–H groups in total. The average molecular weight is 287 g/mol. The Morgan fingerprint density at radius 1 is 1.40 bits per heavy atom. The number of thiazole rings is 1. The summed E-state index contributed by atoms with van der Waals surface area (Å²) in [5.74, 6) is 1.21. The Kier molecular flexibility index (Phi) is 3.53. The second-order valence-electron chi connectivity index (χ2n) is 5.41. The summed E-state index contributed by atoms with van der Waals surface area (Å²) in [6.07, 6.45) is 6.17. The molecule has 1 aliphatic rings. The fraction of sp³-hybridized carbons (Fsp3) is 0.400. The monoisotopic (exact) mass is 287 g/mol. The third-order valence-electron chi connectivity index (χ3n) is 3.27. The smallest absolute Gasteiger partial charge is 0.228 e. The van der Waals surface area contributed by atoms with Crippen molar-refractivity contribution in [2.45, 2.75) is 32.6 Å². The lowest BCUT2D eigenvalue weighted by Crippen LogP contribution is -2.18. The minimum absolute atomic E-state index is 0.0161. The van der Waals surface area contributed by atoms with Crippen LogP contribution in [0.25, 0.3) is 10.4 Å². The summed E-state index contributed by atoms with van der Waals surface area (Å²) in [5, 5.41) is 4.05. The van der Waals surface area contributed by atoms with E-state index in [1.165, 1.54) is 17.8 Å². The molecule has 0 unspecified atom stereocenters. The summed E-state index contributed by atoms with van der Waals surface area (Å²) in [6, 6.07) is 3.86. The number of carbonyl (C=O) groups excluding carboxylic acids is 1. The highest BCUT2D eigenvalue weighted by molar-refractivity contribution is 7.15. The molecule has 1 saturated carbocycles. The van der Waals surface area contributed by atoms with Crippen LogP contribution in [0.4, 0.5) is 5.82 Å². The van der Waals surface area contributed by atoms with Gasteiger partial charge in [0.1, 0.15) is 5.82 Å². The summed E-state index contributed by atoms with van der Waals surface area (Å²) in [7, 11) is 0. The zero-order valence-electron chi connectivity index (χ0n) is 11.6. The number of hydrogen-bond acceptors (Lipinski definition) is 4. The molecule has 0 aromatic carbocycles. The van der Waals surface area contributed by atoms with E-state index in [4.69, 9.17) is 0 Å². The first-order chi connectivity index (χ1) is 9.63. The van der Waals surface area contributed by atoms with Gasteiger partial charge in [0, 0.05) is 24.2 Å². The first-order valence-corrected chi connectivity index (χ1v) is 7.68. The molecule has 2 aromatic heterocycles. The number of anilines is 1. The van der Waals surface area contributed by atoms with E-state index in [0.29, 0.717) is 11.7 Å². The minimum atomic E-state index is -0.0506. The van der Waals surface area contributed by atoms with Crippen LogP contribution in [0.15, 0.2) is 24.5 Å². The first-order valence-electron chi connectivity index (χ1n) is 6.86. The average Bonchev–Trinajstić information content (AvgIpc) is 3.16. The molecular weight excluding hydrogens is 270 g/mol. The number of nitrogens with one attached hydrogen (secondary N) is 1. The molecule has 0 bridgehead atoms. The van der Waals surface area contributed by atoms with Crippen LogP contribution in [0, 0.1) is 5.92 Å². The molecule has 5 heteroatoms. The Balaban J connectivity index is 1.80. The van der Waals surface area contributed by atoms with Crippen LogP contribution >= 0.6 is 11.3 Å². The fourth-order valence-corrected chi connectivity index (χ4v) is 2.95. The van der Waals surface area contributed by atoms with Crippen molar-refractivity contribution < 1.29 is 4.79 Å². The highest BCUT2D eigenvalue weighted by Gasteiger charge is 2.26. The molecule has 0 radical (unpaired) electrons. The highest BCUT2D eigenvalue weighted by Crippen LogP contribution is 2.43. The first kappa shape index (κ1) is 13.2. The number of aromatic nitrogens is 2. The third-order valence-corrected chi connectivity index (χ3v) is 4.48. The maximum absolute atomic E-state index is 11.7. The molecule has 1 aliphatic carbocycles. The lowest BCUT2D eigenvalue weighted by atomic mass is 10.2. The molecule has 0 spiro atoms. The Bertz CT molecular complexity index is 632. The number of carbonyl (C=O) groups is 1. The largest absolute Gasteiger partial charge is 0.310 e. The second kappa shape index (κ2) is 5.32. The molecule has 104 valence electrons. The summed E-state index contributed by atoms with van der Waals surface area (Å²) in [5.41, 5.74) is 1.06. The van der Waals surface area contributed by atoms with Crippen molar-refractivity contribution in [3.8, 4) is 10.4 Å². The molecule has 2 aromatic rings. The maximum Gasteiger partial charge on any atom is 0.228 e. The van der Waals surface area contributed by atoms with E-state index in [1.807, 2.05) is 32.2 Å². The normalized spacial score (nSPS) is 14.6. The predicted octanol–water partition coefficient (Wildman–Crippen LogP) is 3.68. The Hall–Kier alpha value is -1.75. The highest BCUT2D eigenvalue weighted by atomic mass is 32.1. The quantitative estimate of drug-likeness (QED) is 0.933. The Morgan fingerprint density at radius 3 is 2.90 bits per heavy atom. The molecule has 1 amide bonds. The van der Waals surface area contributed by atoms with Gasteiger partial charge >= 0.3 is 0 Å². The number of nitrogens with zero attached hydrogens (tertiary/aromatic N) is 2. The van der Waals surface area contributed by atoms with Gasteiger partial charge in [0.25, 0.3) is 0 Å². The van der Waals surface area contributed by atoms with Crippen molar-refractivity contribution in [2.24, 2.45) is 5.92 Å². The molecule has 20 heavy (non-hydrogen) atoms. The molecule has 0 aliphatic heterocycles. The lowest BCUT2D eigenvalue weighted by Gasteiger charge is -2.07. The number of amides is 1. The van der Waals surface area contributed by atoms with Gasteiger partial charge in [-0.25, -0.2) is 9.97 Å². The molecule has 2 heterocycles. The summed E-state index contributed by atoms with van der Waals surface area (Å²) in [4.78, 5) is 21.5. The van der Waals surface area contributed by atoms with E-state index in [2.05, 4.69) is 15.3 Å². The van der Waals surface area contributed by atoms with E-state index in [-0.39, 0.29) is 11.8 Å². The van der Waals surface area contributed by atoms with Crippen LogP contribution in [-0.4, -0.2) is 15.9 Å². The molecule has 3 rings (SSSR count). The fourth-order valence-electron chi connectivity index (χ4n) is 1.86. The molecule has 0 atom stereocenters. The van der Waals surface area contributed by atoms with Crippen molar-refractivity contribution in [3.63, 3.8) is 0 Å². The SMILES string of the molecule is CC(C)C(=O)Nc1cc(-c2cnc(C3CC3)s2)ccn1.